The van der Waals surface area contributed by atoms with Crippen LogP contribution in [0.15, 0.2) is 6.20 Å². The Kier molecular flexibility index (Phi) is 2.35. The summed E-state index contributed by atoms with van der Waals surface area (Å²) in [6.45, 7) is 2.19. The number of amides is 3. The minimum absolute atomic E-state index is 0.0464. The zero-order chi connectivity index (χ0) is 12.7. The fourth-order valence-corrected chi connectivity index (χ4v) is 2.43. The van der Waals surface area contributed by atoms with Crippen LogP contribution >= 0.6 is 0 Å². The van der Waals surface area contributed by atoms with Gasteiger partial charge in [-0.1, -0.05) is 0 Å². The monoisotopic (exact) mass is 250 g/mol. The van der Waals surface area contributed by atoms with Crippen molar-refractivity contribution in [3.05, 3.63) is 11.8 Å². The number of hydrogen-bond acceptors (Lipinski definition) is 4. The summed E-state index contributed by atoms with van der Waals surface area (Å²) in [6, 6.07) is 0.0123. The van der Waals surface area contributed by atoms with Gasteiger partial charge in [0.05, 0.1) is 12.2 Å². The summed E-state index contributed by atoms with van der Waals surface area (Å²) < 4.78 is 0. The lowest BCUT2D eigenvalue weighted by atomic mass is 10.1. The quantitative estimate of drug-likeness (QED) is 0.584. The van der Waals surface area contributed by atoms with Crippen molar-refractivity contribution in [2.24, 2.45) is 0 Å². The average Bonchev–Trinajstić information content (AvgIpc) is 2.95. The number of fused-ring (bicyclic) bond motifs is 1. The molecule has 1 aromatic rings. The normalized spacial score (nSPS) is 22.9. The zero-order valence-electron chi connectivity index (χ0n) is 9.72. The second-order valence-electron chi connectivity index (χ2n) is 4.48. The molecule has 96 valence electrons. The molecule has 1 aromatic heterocycles. The largest absolute Gasteiger partial charge is 0.383 e. The average molecular weight is 250 g/mol. The molecule has 0 aromatic carbocycles. The van der Waals surface area contributed by atoms with Crippen molar-refractivity contribution in [1.29, 1.82) is 0 Å². The van der Waals surface area contributed by atoms with E-state index in [1.54, 1.807) is 9.80 Å². The third kappa shape index (κ3) is 1.57. The molecule has 3 amide bonds. The highest BCUT2D eigenvalue weighted by atomic mass is 16.2. The topological polar surface area (TPSA) is 107 Å². The van der Waals surface area contributed by atoms with Crippen LogP contribution in [0.1, 0.15) is 10.4 Å². The van der Waals surface area contributed by atoms with Crippen LogP contribution in [0.3, 0.4) is 0 Å². The van der Waals surface area contributed by atoms with Gasteiger partial charge in [-0.2, -0.15) is 5.10 Å². The Labute approximate surface area is 103 Å². The van der Waals surface area contributed by atoms with E-state index in [1.807, 2.05) is 0 Å². The maximum atomic E-state index is 12.2. The summed E-state index contributed by atoms with van der Waals surface area (Å²) in [7, 11) is 0. The van der Waals surface area contributed by atoms with E-state index in [0.29, 0.717) is 31.7 Å². The fourth-order valence-electron chi connectivity index (χ4n) is 2.43. The lowest BCUT2D eigenvalue weighted by Crippen LogP contribution is -2.53. The van der Waals surface area contributed by atoms with Gasteiger partial charge in [-0.3, -0.25) is 9.89 Å². The third-order valence-electron chi connectivity index (χ3n) is 3.42. The molecule has 4 N–H and O–H groups in total. The van der Waals surface area contributed by atoms with Crippen molar-refractivity contribution in [3.8, 4) is 0 Å². The molecule has 2 aliphatic heterocycles. The predicted molar refractivity (Wildman–Crippen MR) is 62.8 cm³/mol. The summed E-state index contributed by atoms with van der Waals surface area (Å²) in [5.41, 5.74) is 6.02. The van der Waals surface area contributed by atoms with Crippen molar-refractivity contribution in [3.63, 3.8) is 0 Å². The minimum Gasteiger partial charge on any atom is -0.383 e. The molecule has 0 saturated carbocycles. The highest BCUT2D eigenvalue weighted by Crippen LogP contribution is 2.17. The van der Waals surface area contributed by atoms with Crippen LogP contribution in [-0.2, 0) is 0 Å². The molecule has 0 bridgehead atoms. The number of hydrogen-bond donors (Lipinski definition) is 3. The summed E-state index contributed by atoms with van der Waals surface area (Å²) in [5.74, 6) is 0.142. The molecular formula is C10H14N6O2. The van der Waals surface area contributed by atoms with E-state index in [2.05, 4.69) is 15.5 Å². The summed E-state index contributed by atoms with van der Waals surface area (Å²) in [6.07, 6.45) is 1.43. The number of rotatable bonds is 1. The van der Waals surface area contributed by atoms with Crippen molar-refractivity contribution in [2.45, 2.75) is 6.04 Å². The number of urea groups is 1. The second kappa shape index (κ2) is 3.90. The van der Waals surface area contributed by atoms with Gasteiger partial charge >= 0.3 is 6.03 Å². The summed E-state index contributed by atoms with van der Waals surface area (Å²) >= 11 is 0. The fraction of sp³-hybridized carbons (Fsp3) is 0.500. The number of carbonyl (C=O) groups is 2. The van der Waals surface area contributed by atoms with Crippen LogP contribution in [-0.4, -0.2) is 64.2 Å². The SMILES string of the molecule is Nc1[nH]ncc1C(=O)N1CCN2C(=O)NCC2C1. The third-order valence-corrected chi connectivity index (χ3v) is 3.42. The van der Waals surface area contributed by atoms with Crippen LogP contribution in [0.5, 0.6) is 0 Å². The molecule has 0 spiro atoms. The number of nitrogens with two attached hydrogens (primary N) is 1. The maximum Gasteiger partial charge on any atom is 0.317 e. The molecule has 1 atom stereocenters. The van der Waals surface area contributed by atoms with Crippen molar-refractivity contribution >= 4 is 17.8 Å². The standard InChI is InChI=1S/C10H14N6O2/c11-8-7(4-13-14-8)9(17)15-1-2-16-6(5-15)3-12-10(16)18/h4,6H,1-3,5H2,(H,12,18)(H3,11,13,14). The van der Waals surface area contributed by atoms with Crippen LogP contribution < -0.4 is 11.1 Å². The molecule has 8 nitrogen and oxygen atoms in total. The highest BCUT2D eigenvalue weighted by molar-refractivity contribution is 5.98. The first kappa shape index (κ1) is 10.9. The molecular weight excluding hydrogens is 236 g/mol. The Morgan fingerprint density at radius 1 is 1.50 bits per heavy atom. The van der Waals surface area contributed by atoms with Gasteiger partial charge in [0, 0.05) is 26.2 Å². The first-order chi connectivity index (χ1) is 8.66. The Morgan fingerprint density at radius 3 is 3.06 bits per heavy atom. The van der Waals surface area contributed by atoms with Gasteiger partial charge in [0.15, 0.2) is 0 Å². The van der Waals surface area contributed by atoms with Gasteiger partial charge in [0.1, 0.15) is 11.4 Å². The van der Waals surface area contributed by atoms with E-state index < -0.39 is 0 Å². The predicted octanol–water partition coefficient (Wildman–Crippen LogP) is -1.16. The molecule has 3 heterocycles. The van der Waals surface area contributed by atoms with E-state index in [9.17, 15) is 9.59 Å². The molecule has 1 unspecified atom stereocenters. The lowest BCUT2D eigenvalue weighted by Gasteiger charge is -2.36. The summed E-state index contributed by atoms with van der Waals surface area (Å²) in [4.78, 5) is 27.1. The van der Waals surface area contributed by atoms with Crippen LogP contribution in [0.2, 0.25) is 0 Å². The Morgan fingerprint density at radius 2 is 2.33 bits per heavy atom. The smallest absolute Gasteiger partial charge is 0.317 e. The van der Waals surface area contributed by atoms with E-state index in [0.717, 1.165) is 0 Å². The van der Waals surface area contributed by atoms with Gasteiger partial charge in [-0.15, -0.1) is 0 Å². The molecule has 8 heteroatoms. The van der Waals surface area contributed by atoms with E-state index in [1.165, 1.54) is 6.20 Å². The molecule has 2 saturated heterocycles. The molecule has 0 aliphatic carbocycles. The number of piperazine rings is 1. The Bertz CT molecular complexity index is 498. The molecule has 3 rings (SSSR count). The molecule has 18 heavy (non-hydrogen) atoms. The van der Waals surface area contributed by atoms with E-state index >= 15 is 0 Å². The zero-order valence-corrected chi connectivity index (χ0v) is 9.72. The van der Waals surface area contributed by atoms with Crippen LogP contribution in [0.4, 0.5) is 10.6 Å². The Balaban J connectivity index is 1.74. The number of carbonyl (C=O) groups excluding carboxylic acids is 2. The number of H-pyrrole nitrogens is 1. The summed E-state index contributed by atoms with van der Waals surface area (Å²) in [5, 5.41) is 9.06. The Hall–Kier alpha value is -2.25. The highest BCUT2D eigenvalue weighted by Gasteiger charge is 2.37. The van der Waals surface area contributed by atoms with Gasteiger partial charge < -0.3 is 20.9 Å². The van der Waals surface area contributed by atoms with E-state index in [-0.39, 0.29) is 23.8 Å². The molecule has 2 aliphatic rings. The minimum atomic E-state index is -0.139. The van der Waals surface area contributed by atoms with Crippen LogP contribution in [0.25, 0.3) is 0 Å². The van der Waals surface area contributed by atoms with Gasteiger partial charge in [0.25, 0.3) is 5.91 Å². The van der Waals surface area contributed by atoms with Crippen molar-refractivity contribution < 1.29 is 9.59 Å². The van der Waals surface area contributed by atoms with Crippen molar-refractivity contribution in [1.82, 2.24) is 25.3 Å². The first-order valence-corrected chi connectivity index (χ1v) is 5.79. The molecule has 0 radical (unpaired) electrons. The van der Waals surface area contributed by atoms with Crippen molar-refractivity contribution in [2.75, 3.05) is 31.9 Å². The number of aromatic nitrogens is 2. The van der Waals surface area contributed by atoms with Gasteiger partial charge in [-0.05, 0) is 0 Å². The maximum absolute atomic E-state index is 12.2. The van der Waals surface area contributed by atoms with Gasteiger partial charge in [-0.25, -0.2) is 4.79 Å². The lowest BCUT2D eigenvalue weighted by molar-refractivity contribution is 0.0618. The van der Waals surface area contributed by atoms with E-state index in [4.69, 9.17) is 5.73 Å². The number of aromatic amines is 1. The molecule has 2 fully saturated rings. The van der Waals surface area contributed by atoms with Gasteiger partial charge in [0.2, 0.25) is 0 Å². The number of nitrogen functional groups attached to an aromatic ring is 1. The first-order valence-electron chi connectivity index (χ1n) is 5.79. The number of nitrogens with zero attached hydrogens (tertiary/aromatic N) is 3. The number of nitrogens with one attached hydrogen (secondary N) is 2. The number of anilines is 1. The van der Waals surface area contributed by atoms with Crippen LogP contribution in [0, 0.1) is 0 Å². The second-order valence-corrected chi connectivity index (χ2v) is 4.48.